The minimum absolute atomic E-state index is 0.389. The van der Waals surface area contributed by atoms with Crippen molar-refractivity contribution in [3.8, 4) is 0 Å². The fourth-order valence-corrected chi connectivity index (χ4v) is 2.78. The van der Waals surface area contributed by atoms with E-state index in [1.807, 2.05) is 24.3 Å². The van der Waals surface area contributed by atoms with Crippen LogP contribution in [-0.4, -0.2) is 20.9 Å². The highest BCUT2D eigenvalue weighted by Gasteiger charge is 2.38. The van der Waals surface area contributed by atoms with E-state index < -0.39 is 11.4 Å². The number of aromatic nitrogens is 3. The van der Waals surface area contributed by atoms with Crippen molar-refractivity contribution in [1.29, 1.82) is 0 Å². The highest BCUT2D eigenvalue weighted by molar-refractivity contribution is 5.86. The fourth-order valence-electron chi connectivity index (χ4n) is 2.78. The molecule has 3 N–H and O–H groups in total. The third kappa shape index (κ3) is 3.87. The average Bonchev–Trinajstić information content (AvgIpc) is 2.67. The third-order valence-electron chi connectivity index (χ3n) is 4.10. The zero-order valence-corrected chi connectivity index (χ0v) is 13.7. The van der Waals surface area contributed by atoms with E-state index >= 15 is 0 Å². The van der Waals surface area contributed by atoms with E-state index in [4.69, 9.17) is 5.73 Å². The van der Waals surface area contributed by atoms with Crippen LogP contribution in [0.5, 0.6) is 0 Å². The normalized spacial score (nSPS) is 13.1. The maximum Gasteiger partial charge on any atom is 0.242 e. The Morgan fingerprint density at radius 3 is 2.12 bits per heavy atom. The molecule has 0 saturated heterocycles. The molecule has 3 heterocycles. The number of primary amides is 1. The first-order valence-corrected chi connectivity index (χ1v) is 7.94. The minimum atomic E-state index is -1.07. The Hall–Kier alpha value is -3.12. The fraction of sp³-hybridized carbons (Fsp3) is 0.158. The monoisotopic (exact) mass is 333 g/mol. The Balaban J connectivity index is 1.97. The van der Waals surface area contributed by atoms with Gasteiger partial charge in [0.25, 0.3) is 0 Å². The van der Waals surface area contributed by atoms with Crippen LogP contribution in [0.15, 0.2) is 73.6 Å². The molecular formula is C19H19N5O. The summed E-state index contributed by atoms with van der Waals surface area (Å²) in [4.78, 5) is 24.8. The molecule has 0 spiro atoms. The molecule has 6 nitrogen and oxygen atoms in total. The summed E-state index contributed by atoms with van der Waals surface area (Å²) in [5, 5.41) is 3.34. The number of rotatable bonds is 7. The van der Waals surface area contributed by atoms with Gasteiger partial charge in [-0.3, -0.25) is 25.1 Å². The second-order valence-corrected chi connectivity index (χ2v) is 5.76. The van der Waals surface area contributed by atoms with Crippen molar-refractivity contribution < 1.29 is 4.79 Å². The van der Waals surface area contributed by atoms with Crippen molar-refractivity contribution in [2.45, 2.75) is 18.5 Å². The largest absolute Gasteiger partial charge is 0.368 e. The van der Waals surface area contributed by atoms with Crippen LogP contribution in [0.4, 0.5) is 0 Å². The summed E-state index contributed by atoms with van der Waals surface area (Å²) >= 11 is 0. The summed E-state index contributed by atoms with van der Waals surface area (Å²) in [6.45, 7) is 0.458. The Morgan fingerprint density at radius 1 is 0.920 bits per heavy atom. The maximum atomic E-state index is 12.6. The quantitative estimate of drug-likeness (QED) is 0.685. The highest BCUT2D eigenvalue weighted by Crippen LogP contribution is 2.26. The topological polar surface area (TPSA) is 93.8 Å². The number of nitrogens with one attached hydrogen (secondary N) is 1. The standard InChI is InChI=1S/C19H19N5O/c20-18(25)19(17-5-9-21-10-6-17,11-15-3-1-7-22-12-15)24-14-16-4-2-8-23-13-16/h1-10,12-13,24H,11,14H2,(H2,20,25). The molecule has 1 atom stereocenters. The Bertz CT molecular complexity index is 811. The number of nitrogens with two attached hydrogens (primary N) is 1. The van der Waals surface area contributed by atoms with Gasteiger partial charge in [0.15, 0.2) is 0 Å². The molecule has 0 aromatic carbocycles. The van der Waals surface area contributed by atoms with Crippen LogP contribution in [0.3, 0.4) is 0 Å². The number of amides is 1. The smallest absolute Gasteiger partial charge is 0.242 e. The van der Waals surface area contributed by atoms with Gasteiger partial charge < -0.3 is 5.73 Å². The van der Waals surface area contributed by atoms with Crippen molar-refractivity contribution in [3.05, 3.63) is 90.3 Å². The molecule has 3 aromatic heterocycles. The van der Waals surface area contributed by atoms with Gasteiger partial charge in [0.2, 0.25) is 5.91 Å². The van der Waals surface area contributed by atoms with Gasteiger partial charge >= 0.3 is 0 Å². The zero-order valence-electron chi connectivity index (χ0n) is 13.7. The van der Waals surface area contributed by atoms with Gasteiger partial charge in [-0.1, -0.05) is 12.1 Å². The van der Waals surface area contributed by atoms with E-state index in [2.05, 4.69) is 20.3 Å². The Labute approximate surface area is 146 Å². The minimum Gasteiger partial charge on any atom is -0.368 e. The molecule has 0 aliphatic carbocycles. The van der Waals surface area contributed by atoms with Crippen molar-refractivity contribution in [2.24, 2.45) is 5.73 Å². The van der Waals surface area contributed by atoms with Gasteiger partial charge in [-0.15, -0.1) is 0 Å². The van der Waals surface area contributed by atoms with Gasteiger partial charge in [-0.2, -0.15) is 0 Å². The molecule has 0 fully saturated rings. The van der Waals surface area contributed by atoms with Crippen LogP contribution in [0.1, 0.15) is 16.7 Å². The average molecular weight is 333 g/mol. The van der Waals surface area contributed by atoms with Gasteiger partial charge in [0, 0.05) is 50.1 Å². The first-order valence-electron chi connectivity index (χ1n) is 7.94. The van der Waals surface area contributed by atoms with Crippen LogP contribution >= 0.6 is 0 Å². The second kappa shape index (κ2) is 7.63. The number of carbonyl (C=O) groups is 1. The molecule has 1 amide bonds. The number of carbonyl (C=O) groups excluding carboxylic acids is 1. The maximum absolute atomic E-state index is 12.6. The van der Waals surface area contributed by atoms with Crippen molar-refractivity contribution in [3.63, 3.8) is 0 Å². The van der Waals surface area contributed by atoms with Crippen LogP contribution in [0.25, 0.3) is 0 Å². The Kier molecular flexibility index (Phi) is 5.11. The van der Waals surface area contributed by atoms with E-state index in [-0.39, 0.29) is 0 Å². The van der Waals surface area contributed by atoms with Gasteiger partial charge in [-0.25, -0.2) is 0 Å². The lowest BCUT2D eigenvalue weighted by molar-refractivity contribution is -0.125. The molecular weight excluding hydrogens is 314 g/mol. The van der Waals surface area contributed by atoms with Gasteiger partial charge in [0.1, 0.15) is 5.54 Å². The summed E-state index contributed by atoms with van der Waals surface area (Å²) < 4.78 is 0. The zero-order chi connectivity index (χ0) is 17.5. The lowest BCUT2D eigenvalue weighted by atomic mass is 9.83. The van der Waals surface area contributed by atoms with Crippen LogP contribution < -0.4 is 11.1 Å². The van der Waals surface area contributed by atoms with Crippen molar-refractivity contribution in [2.75, 3.05) is 0 Å². The summed E-state index contributed by atoms with van der Waals surface area (Å²) in [7, 11) is 0. The first kappa shape index (κ1) is 16.7. The SMILES string of the molecule is NC(=O)C(Cc1cccnc1)(NCc1cccnc1)c1ccncc1. The summed E-state index contributed by atoms with van der Waals surface area (Å²) in [5.41, 5.74) is 7.44. The molecule has 3 rings (SSSR count). The van der Waals surface area contributed by atoms with Crippen LogP contribution in [0.2, 0.25) is 0 Å². The summed E-state index contributed by atoms with van der Waals surface area (Å²) in [5.74, 6) is -0.452. The van der Waals surface area contributed by atoms with Crippen molar-refractivity contribution >= 4 is 5.91 Å². The second-order valence-electron chi connectivity index (χ2n) is 5.76. The molecule has 0 aliphatic heterocycles. The van der Waals surface area contributed by atoms with Gasteiger partial charge in [-0.05, 0) is 41.0 Å². The van der Waals surface area contributed by atoms with E-state index in [1.54, 1.807) is 49.3 Å². The van der Waals surface area contributed by atoms with Crippen molar-refractivity contribution in [1.82, 2.24) is 20.3 Å². The lowest BCUT2D eigenvalue weighted by Gasteiger charge is -2.32. The van der Waals surface area contributed by atoms with Crippen LogP contribution in [-0.2, 0) is 23.3 Å². The van der Waals surface area contributed by atoms with E-state index in [1.165, 1.54) is 0 Å². The van der Waals surface area contributed by atoms with Crippen LogP contribution in [0, 0.1) is 0 Å². The predicted molar refractivity (Wildman–Crippen MR) is 94.1 cm³/mol. The molecule has 126 valence electrons. The molecule has 6 heteroatoms. The summed E-state index contributed by atoms with van der Waals surface area (Å²) in [6.07, 6.45) is 10.6. The molecule has 0 aliphatic rings. The van der Waals surface area contributed by atoms with E-state index in [9.17, 15) is 4.79 Å². The number of hydrogen-bond acceptors (Lipinski definition) is 5. The molecule has 1 unspecified atom stereocenters. The first-order chi connectivity index (χ1) is 12.2. The van der Waals surface area contributed by atoms with E-state index in [0.717, 1.165) is 16.7 Å². The van der Waals surface area contributed by atoms with Gasteiger partial charge in [0.05, 0.1) is 0 Å². The van der Waals surface area contributed by atoms with E-state index in [0.29, 0.717) is 13.0 Å². The molecule has 0 bridgehead atoms. The molecule has 0 radical (unpaired) electrons. The molecule has 25 heavy (non-hydrogen) atoms. The molecule has 0 saturated carbocycles. The predicted octanol–water partition coefficient (Wildman–Crippen LogP) is 1.58. The Morgan fingerprint density at radius 2 is 1.56 bits per heavy atom. The number of pyridine rings is 3. The summed E-state index contributed by atoms with van der Waals surface area (Å²) in [6, 6.07) is 11.2. The third-order valence-corrected chi connectivity index (χ3v) is 4.10. The number of hydrogen-bond donors (Lipinski definition) is 2. The molecule has 3 aromatic rings. The lowest BCUT2D eigenvalue weighted by Crippen LogP contribution is -2.54. The highest BCUT2D eigenvalue weighted by atomic mass is 16.1. The number of nitrogens with zero attached hydrogens (tertiary/aromatic N) is 3.